The first-order valence-corrected chi connectivity index (χ1v) is 11.1. The first-order chi connectivity index (χ1) is 15.0. The highest BCUT2D eigenvalue weighted by Crippen LogP contribution is 2.25. The number of ether oxygens (including phenoxy) is 2. The van der Waals surface area contributed by atoms with E-state index in [1.54, 1.807) is 37.3 Å². The Hall–Kier alpha value is -2.77. The third-order valence-electron chi connectivity index (χ3n) is 6.06. The molecular weight excluding hydrogens is 398 g/mol. The average molecular weight is 432 g/mol. The van der Waals surface area contributed by atoms with Crippen molar-refractivity contribution < 1.29 is 23.9 Å². The van der Waals surface area contributed by atoms with Crippen LogP contribution in [-0.2, 0) is 9.59 Å². The molecule has 2 aliphatic heterocycles. The van der Waals surface area contributed by atoms with Gasteiger partial charge in [0.1, 0.15) is 11.5 Å². The first-order valence-electron chi connectivity index (χ1n) is 11.1. The predicted octanol–water partition coefficient (Wildman–Crippen LogP) is 2.03. The largest absolute Gasteiger partial charge is 0.497 e. The van der Waals surface area contributed by atoms with Crippen LogP contribution >= 0.6 is 0 Å². The zero-order chi connectivity index (χ0) is 22.4. The smallest absolute Gasteiger partial charge is 0.254 e. The van der Waals surface area contributed by atoms with Gasteiger partial charge >= 0.3 is 0 Å². The van der Waals surface area contributed by atoms with Crippen molar-refractivity contribution in [1.82, 2.24) is 14.7 Å². The van der Waals surface area contributed by atoms with Gasteiger partial charge in [0.15, 0.2) is 0 Å². The number of piperazine rings is 1. The van der Waals surface area contributed by atoms with Crippen molar-refractivity contribution in [2.24, 2.45) is 5.92 Å². The van der Waals surface area contributed by atoms with E-state index in [4.69, 9.17) is 9.47 Å². The molecule has 0 spiro atoms. The SMILES string of the molecule is CCCC(=O)N1CCCC(C(=O)N2CCN(C(=O)c3cc(OC)cc(OC)c3)CC2)C1. The molecule has 1 atom stereocenters. The lowest BCUT2D eigenvalue weighted by Crippen LogP contribution is -2.54. The highest BCUT2D eigenvalue weighted by atomic mass is 16.5. The number of nitrogens with zero attached hydrogens (tertiary/aromatic N) is 3. The first kappa shape index (κ1) is 22.9. The predicted molar refractivity (Wildman–Crippen MR) is 116 cm³/mol. The monoisotopic (exact) mass is 431 g/mol. The Labute approximate surface area is 184 Å². The third kappa shape index (κ3) is 5.48. The van der Waals surface area contributed by atoms with Crippen molar-refractivity contribution in [2.45, 2.75) is 32.6 Å². The molecule has 3 rings (SSSR count). The molecule has 3 amide bonds. The number of amides is 3. The number of piperidine rings is 1. The fourth-order valence-electron chi connectivity index (χ4n) is 4.28. The summed E-state index contributed by atoms with van der Waals surface area (Å²) >= 11 is 0. The lowest BCUT2D eigenvalue weighted by Gasteiger charge is -2.39. The van der Waals surface area contributed by atoms with Crippen LogP contribution in [0.5, 0.6) is 11.5 Å². The molecule has 31 heavy (non-hydrogen) atoms. The van der Waals surface area contributed by atoms with E-state index in [9.17, 15) is 14.4 Å². The number of carbonyl (C=O) groups excluding carboxylic acids is 3. The van der Waals surface area contributed by atoms with Gasteiger partial charge in [-0.25, -0.2) is 0 Å². The van der Waals surface area contributed by atoms with Gasteiger partial charge in [0.05, 0.1) is 20.1 Å². The zero-order valence-corrected chi connectivity index (χ0v) is 18.8. The molecule has 8 heteroatoms. The van der Waals surface area contributed by atoms with Crippen molar-refractivity contribution in [1.29, 1.82) is 0 Å². The maximum atomic E-state index is 13.0. The summed E-state index contributed by atoms with van der Waals surface area (Å²) in [6.45, 7) is 5.23. The summed E-state index contributed by atoms with van der Waals surface area (Å²) in [5, 5.41) is 0. The summed E-state index contributed by atoms with van der Waals surface area (Å²) in [6, 6.07) is 5.13. The maximum Gasteiger partial charge on any atom is 0.254 e. The number of likely N-dealkylation sites (tertiary alicyclic amines) is 1. The number of benzene rings is 1. The number of hydrogen-bond acceptors (Lipinski definition) is 5. The Balaban J connectivity index is 1.57. The van der Waals surface area contributed by atoms with E-state index < -0.39 is 0 Å². The molecule has 0 aliphatic carbocycles. The maximum absolute atomic E-state index is 13.0. The lowest BCUT2D eigenvalue weighted by atomic mass is 9.95. The highest BCUT2D eigenvalue weighted by molar-refractivity contribution is 5.95. The molecule has 0 N–H and O–H groups in total. The molecule has 0 aromatic heterocycles. The molecule has 2 fully saturated rings. The topological polar surface area (TPSA) is 79.4 Å². The molecule has 2 heterocycles. The van der Waals surface area contributed by atoms with Crippen molar-refractivity contribution in [3.8, 4) is 11.5 Å². The van der Waals surface area contributed by atoms with E-state index in [0.29, 0.717) is 56.2 Å². The van der Waals surface area contributed by atoms with Gasteiger partial charge in [-0.15, -0.1) is 0 Å². The minimum Gasteiger partial charge on any atom is -0.497 e. The average Bonchev–Trinajstić information content (AvgIpc) is 2.83. The van der Waals surface area contributed by atoms with E-state index >= 15 is 0 Å². The fourth-order valence-corrected chi connectivity index (χ4v) is 4.28. The second-order valence-corrected chi connectivity index (χ2v) is 8.15. The summed E-state index contributed by atoms with van der Waals surface area (Å²) in [5.41, 5.74) is 0.508. The number of carbonyl (C=O) groups is 3. The van der Waals surface area contributed by atoms with Gasteiger partial charge in [-0.1, -0.05) is 6.92 Å². The van der Waals surface area contributed by atoms with Gasteiger partial charge < -0.3 is 24.2 Å². The lowest BCUT2D eigenvalue weighted by molar-refractivity contribution is -0.142. The molecule has 0 saturated carbocycles. The second-order valence-electron chi connectivity index (χ2n) is 8.15. The molecular formula is C23H33N3O5. The van der Waals surface area contributed by atoms with Crippen LogP contribution in [0.2, 0.25) is 0 Å². The molecule has 2 saturated heterocycles. The van der Waals surface area contributed by atoms with Crippen molar-refractivity contribution in [3.63, 3.8) is 0 Å². The van der Waals surface area contributed by atoms with Crippen LogP contribution in [0.3, 0.4) is 0 Å². The molecule has 0 bridgehead atoms. The van der Waals surface area contributed by atoms with E-state index in [-0.39, 0.29) is 23.6 Å². The Bertz CT molecular complexity index is 782. The van der Waals surface area contributed by atoms with Crippen LogP contribution in [-0.4, -0.2) is 85.9 Å². The van der Waals surface area contributed by atoms with Crippen LogP contribution in [0.25, 0.3) is 0 Å². The Kier molecular flexibility index (Phi) is 7.76. The number of methoxy groups -OCH3 is 2. The molecule has 0 radical (unpaired) electrons. The minimum absolute atomic E-state index is 0.0988. The highest BCUT2D eigenvalue weighted by Gasteiger charge is 2.33. The summed E-state index contributed by atoms with van der Waals surface area (Å²) in [4.78, 5) is 43.7. The molecule has 8 nitrogen and oxygen atoms in total. The van der Waals surface area contributed by atoms with E-state index in [0.717, 1.165) is 25.8 Å². The van der Waals surface area contributed by atoms with Gasteiger partial charge in [0.25, 0.3) is 5.91 Å². The van der Waals surface area contributed by atoms with Gasteiger partial charge in [0.2, 0.25) is 11.8 Å². The molecule has 1 aromatic carbocycles. The zero-order valence-electron chi connectivity index (χ0n) is 18.8. The molecule has 1 unspecified atom stereocenters. The normalized spacial score (nSPS) is 19.2. The number of rotatable bonds is 6. The summed E-state index contributed by atoms with van der Waals surface area (Å²) in [6.07, 6.45) is 3.04. The second kappa shape index (κ2) is 10.5. The van der Waals surface area contributed by atoms with E-state index in [2.05, 4.69) is 0 Å². The fraction of sp³-hybridized carbons (Fsp3) is 0.609. The third-order valence-corrected chi connectivity index (χ3v) is 6.06. The van der Waals surface area contributed by atoms with Gasteiger partial charge in [-0.3, -0.25) is 14.4 Å². The van der Waals surface area contributed by atoms with Crippen LogP contribution in [0, 0.1) is 5.92 Å². The standard InChI is InChI=1S/C23H33N3O5/c1-4-6-21(27)26-8-5-7-17(16-26)22(28)24-9-11-25(12-10-24)23(29)18-13-19(30-2)15-20(14-18)31-3/h13-15,17H,4-12,16H2,1-3H3. The van der Waals surface area contributed by atoms with Gasteiger partial charge in [0, 0.05) is 57.3 Å². The van der Waals surface area contributed by atoms with Crippen molar-refractivity contribution in [2.75, 3.05) is 53.5 Å². The quantitative estimate of drug-likeness (QED) is 0.689. The van der Waals surface area contributed by atoms with Crippen molar-refractivity contribution in [3.05, 3.63) is 23.8 Å². The Morgan fingerprint density at radius 1 is 0.903 bits per heavy atom. The Morgan fingerprint density at radius 3 is 2.10 bits per heavy atom. The number of hydrogen-bond donors (Lipinski definition) is 0. The van der Waals surface area contributed by atoms with Crippen LogP contribution in [0.4, 0.5) is 0 Å². The van der Waals surface area contributed by atoms with E-state index in [1.807, 2.05) is 16.7 Å². The molecule has 1 aromatic rings. The van der Waals surface area contributed by atoms with Crippen LogP contribution in [0.15, 0.2) is 18.2 Å². The van der Waals surface area contributed by atoms with Gasteiger partial charge in [-0.2, -0.15) is 0 Å². The molecule has 170 valence electrons. The summed E-state index contributed by atoms with van der Waals surface area (Å²) in [7, 11) is 3.10. The minimum atomic E-state index is -0.139. The summed E-state index contributed by atoms with van der Waals surface area (Å²) in [5.74, 6) is 1.14. The Morgan fingerprint density at radius 2 is 1.52 bits per heavy atom. The molecule has 2 aliphatic rings. The summed E-state index contributed by atoms with van der Waals surface area (Å²) < 4.78 is 10.5. The van der Waals surface area contributed by atoms with Crippen molar-refractivity contribution >= 4 is 17.7 Å². The van der Waals surface area contributed by atoms with E-state index in [1.165, 1.54) is 0 Å². The van der Waals surface area contributed by atoms with Gasteiger partial charge in [-0.05, 0) is 31.4 Å². The van der Waals surface area contributed by atoms with Crippen LogP contribution < -0.4 is 9.47 Å². The van der Waals surface area contributed by atoms with Crippen LogP contribution in [0.1, 0.15) is 43.0 Å².